The number of likely N-dealkylation sites (tertiary alicyclic amines) is 1. The average molecular weight is 447 g/mol. The fraction of sp³-hybridized carbons (Fsp3) is 0.519. The van der Waals surface area contributed by atoms with E-state index >= 15 is 0 Å². The maximum Gasteiger partial charge on any atom is 0.180 e. The first kappa shape index (κ1) is 21.0. The quantitative estimate of drug-likeness (QED) is 0.559. The van der Waals surface area contributed by atoms with Crippen molar-refractivity contribution in [3.8, 4) is 5.75 Å². The molecular weight excluding hydrogens is 412 g/mol. The van der Waals surface area contributed by atoms with Crippen LogP contribution in [0.15, 0.2) is 53.1 Å². The number of piperidine rings is 1. The lowest BCUT2D eigenvalue weighted by molar-refractivity contribution is 0.0726. The Bertz CT molecular complexity index is 1080. The number of fused-ring (bicyclic) bond motifs is 2. The SMILES string of the molecule is c1cc(CN2CCCC2)cc(OCC2CCC3CN(c4noc5ccccc45)CCN3C2)c1. The highest BCUT2D eigenvalue weighted by molar-refractivity contribution is 5.88. The van der Waals surface area contributed by atoms with Crippen molar-refractivity contribution in [3.63, 3.8) is 0 Å². The second-order valence-electron chi connectivity index (χ2n) is 9.98. The summed E-state index contributed by atoms with van der Waals surface area (Å²) >= 11 is 0. The van der Waals surface area contributed by atoms with Crippen LogP contribution in [-0.4, -0.2) is 66.9 Å². The third kappa shape index (κ3) is 4.59. The average Bonchev–Trinajstić information content (AvgIpc) is 3.53. The van der Waals surface area contributed by atoms with Crippen LogP contribution < -0.4 is 9.64 Å². The molecule has 0 amide bonds. The lowest BCUT2D eigenvalue weighted by atomic mass is 9.91. The van der Waals surface area contributed by atoms with Gasteiger partial charge in [-0.1, -0.05) is 29.4 Å². The Morgan fingerprint density at radius 2 is 1.85 bits per heavy atom. The van der Waals surface area contributed by atoms with E-state index in [2.05, 4.69) is 56.3 Å². The normalized spacial score (nSPS) is 24.3. The Hall–Kier alpha value is -2.57. The molecule has 3 fully saturated rings. The predicted octanol–water partition coefficient (Wildman–Crippen LogP) is 4.40. The van der Waals surface area contributed by atoms with Crippen LogP contribution >= 0.6 is 0 Å². The van der Waals surface area contributed by atoms with E-state index in [4.69, 9.17) is 9.26 Å². The zero-order valence-electron chi connectivity index (χ0n) is 19.4. The van der Waals surface area contributed by atoms with E-state index in [0.717, 1.165) is 61.9 Å². The van der Waals surface area contributed by atoms with Gasteiger partial charge in [-0.15, -0.1) is 0 Å². The summed E-state index contributed by atoms with van der Waals surface area (Å²) < 4.78 is 11.8. The summed E-state index contributed by atoms with van der Waals surface area (Å²) in [6.07, 6.45) is 5.11. The molecule has 0 bridgehead atoms. The molecule has 3 aliphatic heterocycles. The Kier molecular flexibility index (Phi) is 5.95. The highest BCUT2D eigenvalue weighted by Crippen LogP contribution is 2.31. The van der Waals surface area contributed by atoms with Gasteiger partial charge < -0.3 is 14.2 Å². The van der Waals surface area contributed by atoms with Crippen LogP contribution in [0.1, 0.15) is 31.2 Å². The summed E-state index contributed by atoms with van der Waals surface area (Å²) in [5, 5.41) is 5.51. The number of benzene rings is 2. The van der Waals surface area contributed by atoms with Gasteiger partial charge >= 0.3 is 0 Å². The molecule has 3 saturated heterocycles. The number of hydrogen-bond donors (Lipinski definition) is 0. The molecule has 0 aliphatic carbocycles. The number of para-hydroxylation sites is 1. The van der Waals surface area contributed by atoms with Crippen molar-refractivity contribution in [2.75, 3.05) is 50.8 Å². The number of rotatable bonds is 6. The van der Waals surface area contributed by atoms with E-state index in [1.165, 1.54) is 44.3 Å². The van der Waals surface area contributed by atoms with Crippen molar-refractivity contribution < 1.29 is 9.26 Å². The number of aromatic nitrogens is 1. The number of anilines is 1. The molecule has 1 aromatic heterocycles. The van der Waals surface area contributed by atoms with Gasteiger partial charge in [0.15, 0.2) is 11.4 Å². The van der Waals surface area contributed by atoms with E-state index in [1.807, 2.05) is 12.1 Å². The first-order valence-corrected chi connectivity index (χ1v) is 12.6. The molecule has 3 aliphatic rings. The largest absolute Gasteiger partial charge is 0.493 e. The monoisotopic (exact) mass is 446 g/mol. The smallest absolute Gasteiger partial charge is 0.180 e. The molecule has 6 heteroatoms. The van der Waals surface area contributed by atoms with Crippen molar-refractivity contribution in [1.82, 2.24) is 15.0 Å². The number of piperazine rings is 1. The van der Waals surface area contributed by atoms with E-state index in [0.29, 0.717) is 12.0 Å². The van der Waals surface area contributed by atoms with Crippen molar-refractivity contribution in [1.29, 1.82) is 0 Å². The summed E-state index contributed by atoms with van der Waals surface area (Å²) in [6, 6.07) is 17.5. The lowest BCUT2D eigenvalue weighted by Gasteiger charge is -2.46. The van der Waals surface area contributed by atoms with Gasteiger partial charge in [-0.25, -0.2) is 0 Å². The van der Waals surface area contributed by atoms with E-state index in [9.17, 15) is 0 Å². The highest BCUT2D eigenvalue weighted by Gasteiger charge is 2.34. The summed E-state index contributed by atoms with van der Waals surface area (Å²) in [6.45, 7) is 8.56. The van der Waals surface area contributed by atoms with E-state index in [-0.39, 0.29) is 0 Å². The van der Waals surface area contributed by atoms with Gasteiger partial charge in [0, 0.05) is 44.7 Å². The van der Waals surface area contributed by atoms with Crippen molar-refractivity contribution >= 4 is 16.8 Å². The molecule has 174 valence electrons. The van der Waals surface area contributed by atoms with Gasteiger partial charge in [0.1, 0.15) is 5.75 Å². The molecule has 6 rings (SSSR count). The fourth-order valence-corrected chi connectivity index (χ4v) is 5.83. The predicted molar refractivity (Wildman–Crippen MR) is 131 cm³/mol. The maximum absolute atomic E-state index is 6.28. The molecule has 4 heterocycles. The Morgan fingerprint density at radius 3 is 2.79 bits per heavy atom. The fourth-order valence-electron chi connectivity index (χ4n) is 5.83. The summed E-state index contributed by atoms with van der Waals surface area (Å²) in [7, 11) is 0. The standard InChI is InChI=1S/C27H34N4O2/c1-2-9-26-25(8-1)27(28-33-26)31-15-14-30-18-22(10-11-23(30)19-31)20-32-24-7-5-6-21(16-24)17-29-12-3-4-13-29/h1-2,5-9,16,22-23H,3-4,10-15,17-20H2. The molecule has 0 spiro atoms. The van der Waals surface area contributed by atoms with Gasteiger partial charge in [0.2, 0.25) is 0 Å². The molecule has 3 aromatic rings. The summed E-state index contributed by atoms with van der Waals surface area (Å²) in [5.41, 5.74) is 2.25. The molecular formula is C27H34N4O2. The van der Waals surface area contributed by atoms with Crippen molar-refractivity contribution in [2.45, 2.75) is 38.3 Å². The van der Waals surface area contributed by atoms with Crippen LogP contribution in [0.2, 0.25) is 0 Å². The Balaban J connectivity index is 1.02. The minimum absolute atomic E-state index is 0.592. The molecule has 6 nitrogen and oxygen atoms in total. The topological polar surface area (TPSA) is 45.0 Å². The Morgan fingerprint density at radius 1 is 0.939 bits per heavy atom. The molecule has 33 heavy (non-hydrogen) atoms. The van der Waals surface area contributed by atoms with Crippen LogP contribution in [0.3, 0.4) is 0 Å². The van der Waals surface area contributed by atoms with Crippen LogP contribution in [0.4, 0.5) is 5.82 Å². The third-order valence-corrected chi connectivity index (χ3v) is 7.65. The number of hydrogen-bond acceptors (Lipinski definition) is 6. The highest BCUT2D eigenvalue weighted by atomic mass is 16.5. The third-order valence-electron chi connectivity index (χ3n) is 7.65. The van der Waals surface area contributed by atoms with E-state index < -0.39 is 0 Å². The van der Waals surface area contributed by atoms with Gasteiger partial charge in [-0.3, -0.25) is 9.80 Å². The zero-order chi connectivity index (χ0) is 22.0. The zero-order valence-corrected chi connectivity index (χ0v) is 19.4. The minimum atomic E-state index is 0.592. The second kappa shape index (κ2) is 9.35. The van der Waals surface area contributed by atoms with Crippen molar-refractivity contribution in [3.05, 3.63) is 54.1 Å². The van der Waals surface area contributed by atoms with Gasteiger partial charge in [0.05, 0.1) is 12.0 Å². The molecule has 0 N–H and O–H groups in total. The molecule has 2 unspecified atom stereocenters. The van der Waals surface area contributed by atoms with Crippen LogP contribution in [-0.2, 0) is 6.54 Å². The van der Waals surface area contributed by atoms with Crippen LogP contribution in [0.25, 0.3) is 11.0 Å². The minimum Gasteiger partial charge on any atom is -0.493 e. The summed E-state index contributed by atoms with van der Waals surface area (Å²) in [4.78, 5) is 7.62. The van der Waals surface area contributed by atoms with Crippen LogP contribution in [0, 0.1) is 5.92 Å². The second-order valence-corrected chi connectivity index (χ2v) is 9.98. The molecule has 0 radical (unpaired) electrons. The molecule has 2 aromatic carbocycles. The molecule has 2 atom stereocenters. The van der Waals surface area contributed by atoms with Crippen LogP contribution in [0.5, 0.6) is 5.75 Å². The van der Waals surface area contributed by atoms with E-state index in [1.54, 1.807) is 0 Å². The Labute approximate surface area is 196 Å². The maximum atomic E-state index is 6.28. The number of nitrogens with zero attached hydrogens (tertiary/aromatic N) is 4. The first-order chi connectivity index (χ1) is 16.3. The van der Waals surface area contributed by atoms with Crippen molar-refractivity contribution in [2.24, 2.45) is 5.92 Å². The first-order valence-electron chi connectivity index (χ1n) is 12.6. The number of ether oxygens (including phenoxy) is 1. The van der Waals surface area contributed by atoms with Gasteiger partial charge in [-0.05, 0) is 68.6 Å². The summed E-state index contributed by atoms with van der Waals surface area (Å²) in [5.74, 6) is 2.63. The van der Waals surface area contributed by atoms with Gasteiger partial charge in [0.25, 0.3) is 0 Å². The lowest BCUT2D eigenvalue weighted by Crippen LogP contribution is -2.57. The molecule has 0 saturated carbocycles. The van der Waals surface area contributed by atoms with Gasteiger partial charge in [-0.2, -0.15) is 0 Å².